The van der Waals surface area contributed by atoms with Gasteiger partial charge in [0, 0.05) is 17.8 Å². The molecule has 0 spiro atoms. The number of pyridine rings is 1. The van der Waals surface area contributed by atoms with Gasteiger partial charge in [-0.3, -0.25) is 4.98 Å². The van der Waals surface area contributed by atoms with Gasteiger partial charge < -0.3 is 4.74 Å². The third-order valence-electron chi connectivity index (χ3n) is 2.13. The fourth-order valence-corrected chi connectivity index (χ4v) is 1.53. The van der Waals surface area contributed by atoms with Gasteiger partial charge in [0.25, 0.3) is 0 Å². The number of nitrogens with zero attached hydrogens (tertiary/aromatic N) is 1. The number of hydrogen-bond acceptors (Lipinski definition) is 2. The fraction of sp³-hybridized carbons (Fsp3) is 0.364. The van der Waals surface area contributed by atoms with Gasteiger partial charge in [-0.05, 0) is 26.0 Å². The zero-order valence-corrected chi connectivity index (χ0v) is 9.01. The van der Waals surface area contributed by atoms with Crippen LogP contribution in [0, 0.1) is 0 Å². The van der Waals surface area contributed by atoms with Crippen molar-refractivity contribution in [3.8, 4) is 5.75 Å². The van der Waals surface area contributed by atoms with Crippen molar-refractivity contribution in [2.45, 2.75) is 25.3 Å². The average Bonchev–Trinajstić information content (AvgIpc) is 2.15. The number of fused-ring (bicyclic) bond motifs is 1. The number of halogens is 1. The van der Waals surface area contributed by atoms with E-state index in [0.29, 0.717) is 5.88 Å². The summed E-state index contributed by atoms with van der Waals surface area (Å²) in [6, 6.07) is 1.90. The van der Waals surface area contributed by atoms with Crippen LogP contribution in [0.3, 0.4) is 0 Å². The number of alkyl halides is 1. The zero-order valence-electron chi connectivity index (χ0n) is 8.25. The lowest BCUT2D eigenvalue weighted by Gasteiger charge is -2.27. The highest BCUT2D eigenvalue weighted by Crippen LogP contribution is 2.30. The molecule has 1 aliphatic rings. The van der Waals surface area contributed by atoms with Gasteiger partial charge in [-0.25, -0.2) is 0 Å². The Kier molecular flexibility index (Phi) is 2.23. The van der Waals surface area contributed by atoms with Crippen molar-refractivity contribution in [1.29, 1.82) is 0 Å². The predicted octanol–water partition coefficient (Wildman–Crippen LogP) is 3.00. The van der Waals surface area contributed by atoms with E-state index < -0.39 is 0 Å². The van der Waals surface area contributed by atoms with E-state index >= 15 is 0 Å². The lowest BCUT2D eigenvalue weighted by Crippen LogP contribution is -2.27. The van der Waals surface area contributed by atoms with Crippen molar-refractivity contribution in [2.24, 2.45) is 0 Å². The van der Waals surface area contributed by atoms with E-state index in [1.807, 2.05) is 32.1 Å². The molecule has 1 aliphatic heterocycles. The van der Waals surface area contributed by atoms with Crippen molar-refractivity contribution in [1.82, 2.24) is 4.98 Å². The molecule has 0 aliphatic carbocycles. The molecule has 2 heterocycles. The first-order valence-corrected chi connectivity index (χ1v) is 5.07. The van der Waals surface area contributed by atoms with Crippen LogP contribution in [-0.2, 0) is 5.88 Å². The summed E-state index contributed by atoms with van der Waals surface area (Å²) < 4.78 is 5.78. The summed E-state index contributed by atoms with van der Waals surface area (Å²) in [5.74, 6) is 1.28. The molecule has 0 saturated carbocycles. The Hall–Kier alpha value is -1.02. The van der Waals surface area contributed by atoms with Crippen molar-refractivity contribution in [2.75, 3.05) is 0 Å². The number of rotatable bonds is 1. The molecule has 3 heteroatoms. The van der Waals surface area contributed by atoms with Gasteiger partial charge >= 0.3 is 0 Å². The summed E-state index contributed by atoms with van der Waals surface area (Å²) in [6.45, 7) is 4.04. The summed E-state index contributed by atoms with van der Waals surface area (Å²) in [4.78, 5) is 4.20. The Morgan fingerprint density at radius 3 is 3.00 bits per heavy atom. The minimum Gasteiger partial charge on any atom is -0.483 e. The Morgan fingerprint density at radius 1 is 1.50 bits per heavy atom. The van der Waals surface area contributed by atoms with Crippen LogP contribution in [0.4, 0.5) is 0 Å². The third-order valence-corrected chi connectivity index (χ3v) is 2.40. The molecular weight excluding hydrogens is 198 g/mol. The van der Waals surface area contributed by atoms with Gasteiger partial charge in [0.15, 0.2) is 0 Å². The second-order valence-corrected chi connectivity index (χ2v) is 4.15. The molecule has 0 radical (unpaired) electrons. The molecule has 1 aromatic heterocycles. The quantitative estimate of drug-likeness (QED) is 0.664. The van der Waals surface area contributed by atoms with E-state index in [-0.39, 0.29) is 5.60 Å². The molecule has 2 rings (SSSR count). The van der Waals surface area contributed by atoms with Gasteiger partial charge in [0.2, 0.25) is 0 Å². The van der Waals surface area contributed by atoms with E-state index in [1.54, 1.807) is 6.20 Å². The number of aromatic nitrogens is 1. The number of ether oxygens (including phenoxy) is 1. The maximum atomic E-state index is 5.78. The first-order valence-electron chi connectivity index (χ1n) is 4.54. The van der Waals surface area contributed by atoms with Crippen molar-refractivity contribution in [3.63, 3.8) is 0 Å². The second kappa shape index (κ2) is 3.28. The minimum absolute atomic E-state index is 0.238. The highest BCUT2D eigenvalue weighted by atomic mass is 35.5. The van der Waals surface area contributed by atoms with E-state index in [0.717, 1.165) is 17.0 Å². The van der Waals surface area contributed by atoms with Gasteiger partial charge in [-0.15, -0.1) is 11.6 Å². The van der Waals surface area contributed by atoms with Crippen LogP contribution in [0.25, 0.3) is 6.08 Å². The molecule has 0 N–H and O–H groups in total. The highest BCUT2D eigenvalue weighted by Gasteiger charge is 2.21. The molecule has 0 saturated heterocycles. The zero-order chi connectivity index (χ0) is 10.2. The molecule has 0 fully saturated rings. The maximum Gasteiger partial charge on any atom is 0.131 e. The normalized spacial score (nSPS) is 17.4. The summed E-state index contributed by atoms with van der Waals surface area (Å²) in [7, 11) is 0. The van der Waals surface area contributed by atoms with Gasteiger partial charge in [-0.1, -0.05) is 0 Å². The lowest BCUT2D eigenvalue weighted by atomic mass is 10.0. The Labute approximate surface area is 88.6 Å². The highest BCUT2D eigenvalue weighted by molar-refractivity contribution is 6.16. The van der Waals surface area contributed by atoms with Crippen LogP contribution >= 0.6 is 11.6 Å². The van der Waals surface area contributed by atoms with E-state index in [9.17, 15) is 0 Å². The van der Waals surface area contributed by atoms with Crippen LogP contribution in [-0.4, -0.2) is 10.6 Å². The molecular formula is C11H12ClNO. The summed E-state index contributed by atoms with van der Waals surface area (Å²) in [6.07, 6.45) is 5.85. The summed E-state index contributed by atoms with van der Waals surface area (Å²) in [5.41, 5.74) is 1.62. The largest absolute Gasteiger partial charge is 0.483 e. The van der Waals surface area contributed by atoms with Crippen molar-refractivity contribution < 1.29 is 4.74 Å². The summed E-state index contributed by atoms with van der Waals surface area (Å²) >= 11 is 5.70. The molecule has 0 atom stereocenters. The van der Waals surface area contributed by atoms with Crippen molar-refractivity contribution >= 4 is 17.7 Å². The second-order valence-electron chi connectivity index (χ2n) is 3.89. The topological polar surface area (TPSA) is 22.1 Å². The standard InChI is InChI=1S/C11H12ClNO/c1-11(2)4-3-8-7-13-9(6-12)5-10(8)14-11/h3-5,7H,6H2,1-2H3. The molecule has 0 aromatic carbocycles. The van der Waals surface area contributed by atoms with E-state index in [1.165, 1.54) is 0 Å². The SMILES string of the molecule is CC1(C)C=Cc2cnc(CCl)cc2O1. The monoisotopic (exact) mass is 209 g/mol. The molecule has 74 valence electrons. The molecule has 2 nitrogen and oxygen atoms in total. The molecule has 14 heavy (non-hydrogen) atoms. The van der Waals surface area contributed by atoms with Crippen molar-refractivity contribution in [3.05, 3.63) is 29.6 Å². The first kappa shape index (κ1) is 9.53. The molecule has 0 amide bonds. The van der Waals surface area contributed by atoms with Crippen LogP contribution in [0.15, 0.2) is 18.3 Å². The maximum absolute atomic E-state index is 5.78. The summed E-state index contributed by atoms with van der Waals surface area (Å²) in [5, 5.41) is 0. The fourth-order valence-electron chi connectivity index (χ4n) is 1.38. The predicted molar refractivity (Wildman–Crippen MR) is 57.5 cm³/mol. The first-order chi connectivity index (χ1) is 6.61. The molecule has 0 unspecified atom stereocenters. The molecule has 1 aromatic rings. The number of hydrogen-bond donors (Lipinski definition) is 0. The van der Waals surface area contributed by atoms with Crippen LogP contribution in [0.1, 0.15) is 25.1 Å². The van der Waals surface area contributed by atoms with E-state index in [4.69, 9.17) is 16.3 Å². The minimum atomic E-state index is -0.238. The Bertz CT molecular complexity index is 385. The Balaban J connectivity index is 2.42. The average molecular weight is 210 g/mol. The Morgan fingerprint density at radius 2 is 2.29 bits per heavy atom. The van der Waals surface area contributed by atoms with E-state index in [2.05, 4.69) is 4.98 Å². The smallest absolute Gasteiger partial charge is 0.131 e. The van der Waals surface area contributed by atoms with Crippen LogP contribution in [0.5, 0.6) is 5.75 Å². The van der Waals surface area contributed by atoms with Gasteiger partial charge in [-0.2, -0.15) is 0 Å². The lowest BCUT2D eigenvalue weighted by molar-refractivity contribution is 0.158. The molecule has 0 bridgehead atoms. The van der Waals surface area contributed by atoms with Gasteiger partial charge in [0.05, 0.1) is 11.6 Å². The van der Waals surface area contributed by atoms with Gasteiger partial charge in [0.1, 0.15) is 11.4 Å². The van der Waals surface area contributed by atoms with Crippen LogP contribution in [0.2, 0.25) is 0 Å². The third kappa shape index (κ3) is 1.75. The van der Waals surface area contributed by atoms with Crippen LogP contribution < -0.4 is 4.74 Å².